The summed E-state index contributed by atoms with van der Waals surface area (Å²) in [6.45, 7) is 6.89. The first-order chi connectivity index (χ1) is 13.3. The fourth-order valence-corrected chi connectivity index (χ4v) is 10.3. The molecule has 2 aromatic carbocycles. The molecule has 0 spiro atoms. The first-order valence-electron chi connectivity index (χ1n) is 10.3. The number of carbonyl (C=O) groups is 1. The molecule has 2 aromatic rings. The number of hydrogen-bond donors (Lipinski definition) is 1. The van der Waals surface area contributed by atoms with Crippen LogP contribution in [0.5, 0.6) is 0 Å². The van der Waals surface area contributed by atoms with Gasteiger partial charge in [-0.05, 0) is 46.5 Å². The van der Waals surface area contributed by atoms with Crippen molar-refractivity contribution in [3.63, 3.8) is 0 Å². The van der Waals surface area contributed by atoms with Crippen molar-refractivity contribution >= 4 is 24.7 Å². The van der Waals surface area contributed by atoms with Crippen molar-refractivity contribution in [2.45, 2.75) is 51.2 Å². The lowest BCUT2D eigenvalue weighted by Gasteiger charge is -2.46. The van der Waals surface area contributed by atoms with Gasteiger partial charge in [-0.1, -0.05) is 81.4 Å². The minimum atomic E-state index is -2.55. The van der Waals surface area contributed by atoms with Crippen LogP contribution in [0.3, 0.4) is 0 Å². The normalized spacial score (nSPS) is 27.1. The van der Waals surface area contributed by atoms with Gasteiger partial charge in [0.2, 0.25) is 0 Å². The van der Waals surface area contributed by atoms with Crippen LogP contribution in [0.15, 0.2) is 60.7 Å². The number of carboxylic acid groups (broad SMARTS) is 1. The quantitative estimate of drug-likeness (QED) is 0.778. The van der Waals surface area contributed by atoms with Crippen LogP contribution >= 0.6 is 0 Å². The number of benzene rings is 2. The summed E-state index contributed by atoms with van der Waals surface area (Å²) in [5.74, 6) is -0.168. The number of aliphatic carboxylic acids is 1. The van der Waals surface area contributed by atoms with Crippen LogP contribution in [0, 0.1) is 17.8 Å². The minimum absolute atomic E-state index is 0.0380. The van der Waals surface area contributed by atoms with E-state index in [-0.39, 0.29) is 23.0 Å². The summed E-state index contributed by atoms with van der Waals surface area (Å²) >= 11 is 0. The van der Waals surface area contributed by atoms with E-state index in [2.05, 4.69) is 81.4 Å². The van der Waals surface area contributed by atoms with Gasteiger partial charge in [-0.15, -0.1) is 0 Å². The topological polar surface area (TPSA) is 46.5 Å². The summed E-state index contributed by atoms with van der Waals surface area (Å²) in [5, 5.41) is 12.1. The maximum absolute atomic E-state index is 11.6. The summed E-state index contributed by atoms with van der Waals surface area (Å²) in [7, 11) is -2.55. The molecule has 0 aromatic heterocycles. The zero-order valence-corrected chi connectivity index (χ0v) is 18.0. The van der Waals surface area contributed by atoms with Crippen molar-refractivity contribution in [1.82, 2.24) is 0 Å². The van der Waals surface area contributed by atoms with E-state index in [0.29, 0.717) is 5.92 Å². The minimum Gasteiger partial charge on any atom is -0.481 e. The molecule has 4 rings (SSSR count). The number of fused-ring (bicyclic) bond motifs is 2. The molecule has 148 valence electrons. The third-order valence-corrected chi connectivity index (χ3v) is 11.9. The van der Waals surface area contributed by atoms with E-state index < -0.39 is 14.3 Å². The fourth-order valence-electron chi connectivity index (χ4n) is 5.59. The third kappa shape index (κ3) is 3.13. The lowest BCUT2D eigenvalue weighted by molar-refractivity contribution is -0.144. The smallest absolute Gasteiger partial charge is 0.306 e. The first-order valence-corrected chi connectivity index (χ1v) is 12.3. The van der Waals surface area contributed by atoms with Crippen LogP contribution in [-0.4, -0.2) is 25.5 Å². The van der Waals surface area contributed by atoms with Crippen molar-refractivity contribution in [2.75, 3.05) is 0 Å². The number of hydrogen-bond acceptors (Lipinski definition) is 2. The molecule has 4 heteroatoms. The van der Waals surface area contributed by atoms with Crippen molar-refractivity contribution < 1.29 is 14.3 Å². The molecule has 0 saturated heterocycles. The molecule has 2 fully saturated rings. The molecule has 3 nitrogen and oxygen atoms in total. The van der Waals surface area contributed by atoms with Crippen LogP contribution in [-0.2, 0) is 9.22 Å². The maximum Gasteiger partial charge on any atom is 0.306 e. The van der Waals surface area contributed by atoms with E-state index in [1.807, 2.05) is 0 Å². The molecule has 2 saturated carbocycles. The van der Waals surface area contributed by atoms with Gasteiger partial charge >= 0.3 is 5.97 Å². The second kappa shape index (κ2) is 7.16. The zero-order valence-electron chi connectivity index (χ0n) is 17.0. The SMILES string of the molecule is CC(C)(C)[Si](O[C@H]1C[C@H]2C[C@@H]1C[C@H]2C(=O)O)(c1ccccc1)c1ccccc1. The highest BCUT2D eigenvalue weighted by Crippen LogP contribution is 2.51. The molecule has 1 N–H and O–H groups in total. The van der Waals surface area contributed by atoms with Gasteiger partial charge in [0.25, 0.3) is 8.32 Å². The first kappa shape index (κ1) is 19.4. The lowest BCUT2D eigenvalue weighted by atomic mass is 9.87. The fraction of sp³-hybridized carbons (Fsp3) is 0.458. The average molecular weight is 395 g/mol. The van der Waals surface area contributed by atoms with E-state index in [0.717, 1.165) is 19.3 Å². The van der Waals surface area contributed by atoms with Gasteiger partial charge in [0, 0.05) is 6.10 Å². The monoisotopic (exact) mass is 394 g/mol. The molecule has 28 heavy (non-hydrogen) atoms. The van der Waals surface area contributed by atoms with Crippen molar-refractivity contribution in [1.29, 1.82) is 0 Å². The highest BCUT2D eigenvalue weighted by Gasteiger charge is 2.56. The molecule has 0 amide bonds. The molecule has 2 bridgehead atoms. The van der Waals surface area contributed by atoms with Gasteiger partial charge in [0.05, 0.1) is 5.92 Å². The van der Waals surface area contributed by atoms with Crippen LogP contribution < -0.4 is 10.4 Å². The van der Waals surface area contributed by atoms with E-state index in [9.17, 15) is 9.90 Å². The molecule has 0 radical (unpaired) electrons. The molecule has 0 heterocycles. The van der Waals surface area contributed by atoms with Crippen molar-refractivity contribution in [3.05, 3.63) is 60.7 Å². The van der Waals surface area contributed by atoms with Crippen molar-refractivity contribution in [3.8, 4) is 0 Å². The Bertz CT molecular complexity index is 788. The summed E-state index contributed by atoms with van der Waals surface area (Å²) in [6.07, 6.45) is 2.81. The van der Waals surface area contributed by atoms with Crippen LogP contribution in [0.2, 0.25) is 5.04 Å². The lowest BCUT2D eigenvalue weighted by Crippen LogP contribution is -2.68. The predicted molar refractivity (Wildman–Crippen MR) is 114 cm³/mol. The van der Waals surface area contributed by atoms with Crippen molar-refractivity contribution in [2.24, 2.45) is 17.8 Å². The Morgan fingerprint density at radius 1 is 0.893 bits per heavy atom. The van der Waals surface area contributed by atoms with E-state index in [4.69, 9.17) is 4.43 Å². The van der Waals surface area contributed by atoms with E-state index in [1.165, 1.54) is 10.4 Å². The van der Waals surface area contributed by atoms with Gasteiger partial charge in [-0.2, -0.15) is 0 Å². The Kier molecular flexibility index (Phi) is 4.96. The maximum atomic E-state index is 11.6. The Balaban J connectivity index is 1.76. The van der Waals surface area contributed by atoms with Gasteiger partial charge in [0.1, 0.15) is 0 Å². The largest absolute Gasteiger partial charge is 0.481 e. The molecule has 4 atom stereocenters. The Labute approximate surface area is 168 Å². The molecule has 0 unspecified atom stereocenters. The third-order valence-electron chi connectivity index (χ3n) is 6.85. The van der Waals surface area contributed by atoms with Crippen LogP contribution in [0.1, 0.15) is 40.0 Å². The van der Waals surface area contributed by atoms with Gasteiger partial charge < -0.3 is 9.53 Å². The Morgan fingerprint density at radius 3 is 1.82 bits per heavy atom. The summed E-state index contributed by atoms with van der Waals surface area (Å²) in [6, 6.07) is 21.4. The second-order valence-corrected chi connectivity index (χ2v) is 13.7. The second-order valence-electron chi connectivity index (χ2n) is 9.49. The van der Waals surface area contributed by atoms with Gasteiger partial charge in [-0.25, -0.2) is 0 Å². The average Bonchev–Trinajstić information content (AvgIpc) is 3.27. The highest BCUT2D eigenvalue weighted by molar-refractivity contribution is 6.99. The standard InChI is InChI=1S/C24H30O3Si/c1-24(2,3)28(19-10-6-4-7-11-19,20-12-8-5-9-13-20)27-22-16-17-14-18(22)15-21(17)23(25)26/h4-13,17-18,21-22H,14-16H2,1-3H3,(H,25,26)/t17-,18-,21-,22+/m1/s1. The molecular formula is C24H30O3Si. The van der Waals surface area contributed by atoms with Gasteiger partial charge in [-0.3, -0.25) is 4.79 Å². The Morgan fingerprint density at radius 2 is 1.43 bits per heavy atom. The number of rotatable bonds is 5. The van der Waals surface area contributed by atoms with Crippen LogP contribution in [0.4, 0.5) is 0 Å². The summed E-state index contributed by atoms with van der Waals surface area (Å²) < 4.78 is 7.24. The van der Waals surface area contributed by atoms with Crippen LogP contribution in [0.25, 0.3) is 0 Å². The highest BCUT2D eigenvalue weighted by atomic mass is 28.4. The molecule has 0 aliphatic heterocycles. The zero-order chi connectivity index (χ0) is 19.9. The number of carboxylic acids is 1. The summed E-state index contributed by atoms with van der Waals surface area (Å²) in [4.78, 5) is 11.6. The molecular weight excluding hydrogens is 364 g/mol. The Hall–Kier alpha value is -1.91. The predicted octanol–water partition coefficient (Wildman–Crippen LogP) is 4.06. The molecule has 2 aliphatic rings. The van der Waals surface area contributed by atoms with E-state index in [1.54, 1.807) is 0 Å². The van der Waals surface area contributed by atoms with E-state index >= 15 is 0 Å². The van der Waals surface area contributed by atoms with Gasteiger partial charge in [0.15, 0.2) is 0 Å². The molecule has 2 aliphatic carbocycles. The summed E-state index contributed by atoms with van der Waals surface area (Å²) in [5.41, 5.74) is 0.